The molecule has 0 radical (unpaired) electrons. The number of rotatable bonds is 8. The molecule has 0 fully saturated rings. The smallest absolute Gasteiger partial charge is 0.335 e. The zero-order valence-corrected chi connectivity index (χ0v) is 16.5. The molecular formula is C23H21NO4S. The second-order valence-corrected chi connectivity index (χ2v) is 8.05. The number of benzene rings is 3. The summed E-state index contributed by atoms with van der Waals surface area (Å²) in [4.78, 5) is 11.4. The van der Waals surface area contributed by atoms with E-state index in [1.165, 1.54) is 6.08 Å². The quantitative estimate of drug-likeness (QED) is 0.572. The number of carboxylic acids is 1. The van der Waals surface area contributed by atoms with Crippen molar-refractivity contribution in [2.75, 3.05) is 4.72 Å². The number of aryl methyl sites for hydroxylation is 2. The number of para-hydroxylation sites is 1. The molecule has 29 heavy (non-hydrogen) atoms. The molecule has 3 aromatic rings. The van der Waals surface area contributed by atoms with E-state index in [-0.39, 0.29) is 5.56 Å². The highest BCUT2D eigenvalue weighted by atomic mass is 32.2. The molecule has 2 N–H and O–H groups in total. The lowest BCUT2D eigenvalue weighted by Gasteiger charge is -2.12. The Morgan fingerprint density at radius 2 is 1.41 bits per heavy atom. The highest BCUT2D eigenvalue weighted by Gasteiger charge is 2.12. The van der Waals surface area contributed by atoms with Crippen LogP contribution in [0.3, 0.4) is 0 Å². The topological polar surface area (TPSA) is 83.5 Å². The van der Waals surface area contributed by atoms with Crippen molar-refractivity contribution in [1.29, 1.82) is 0 Å². The van der Waals surface area contributed by atoms with E-state index in [2.05, 4.69) is 4.72 Å². The number of nitrogens with one attached hydrogen (secondary N) is 1. The molecule has 0 aliphatic heterocycles. The minimum Gasteiger partial charge on any atom is -0.478 e. The van der Waals surface area contributed by atoms with Crippen molar-refractivity contribution < 1.29 is 18.3 Å². The minimum atomic E-state index is -3.68. The lowest BCUT2D eigenvalue weighted by molar-refractivity contribution is 0.0695. The van der Waals surface area contributed by atoms with Crippen LogP contribution in [0.2, 0.25) is 0 Å². The van der Waals surface area contributed by atoms with Gasteiger partial charge in [-0.1, -0.05) is 66.7 Å². The molecule has 0 unspecified atom stereocenters. The minimum absolute atomic E-state index is 0.261. The van der Waals surface area contributed by atoms with E-state index in [9.17, 15) is 18.3 Å². The Bertz CT molecular complexity index is 1120. The largest absolute Gasteiger partial charge is 0.478 e. The van der Waals surface area contributed by atoms with Crippen LogP contribution in [0, 0.1) is 0 Å². The molecular weight excluding hydrogens is 386 g/mol. The van der Waals surface area contributed by atoms with Crippen molar-refractivity contribution >= 4 is 27.8 Å². The molecule has 0 aliphatic rings. The molecule has 148 valence electrons. The summed E-state index contributed by atoms with van der Waals surface area (Å²) >= 11 is 0. The number of carbonyl (C=O) groups is 1. The van der Waals surface area contributed by atoms with Gasteiger partial charge in [-0.25, -0.2) is 13.2 Å². The van der Waals surface area contributed by atoms with E-state index < -0.39 is 16.0 Å². The first-order valence-electron chi connectivity index (χ1n) is 9.10. The Kier molecular flexibility index (Phi) is 6.46. The standard InChI is InChI=1S/C23H21NO4S/c25-23(26)21-12-6-4-10-19(21)14-15-20-11-5-7-13-22(20)24-29(27,28)17-16-18-8-2-1-3-9-18/h1-13,16-17,24H,14-15H2,(H,25,26)/b17-16+. The van der Waals surface area contributed by atoms with E-state index in [1.807, 2.05) is 42.5 Å². The van der Waals surface area contributed by atoms with Crippen LogP contribution >= 0.6 is 0 Å². The van der Waals surface area contributed by atoms with Gasteiger partial charge < -0.3 is 5.11 Å². The van der Waals surface area contributed by atoms with Crippen LogP contribution in [0.4, 0.5) is 5.69 Å². The summed E-state index contributed by atoms with van der Waals surface area (Å²) in [5, 5.41) is 10.5. The van der Waals surface area contributed by atoms with Crippen LogP contribution < -0.4 is 4.72 Å². The summed E-state index contributed by atoms with van der Waals surface area (Å²) in [6.45, 7) is 0. The van der Waals surface area contributed by atoms with Gasteiger partial charge in [0.2, 0.25) is 0 Å². The van der Waals surface area contributed by atoms with E-state index in [0.717, 1.165) is 16.5 Å². The van der Waals surface area contributed by atoms with Gasteiger partial charge in [-0.05, 0) is 47.7 Å². The SMILES string of the molecule is O=C(O)c1ccccc1CCc1ccccc1NS(=O)(=O)/C=C/c1ccccc1. The molecule has 0 saturated carbocycles. The van der Waals surface area contributed by atoms with Gasteiger partial charge in [-0.15, -0.1) is 0 Å². The summed E-state index contributed by atoms with van der Waals surface area (Å²) in [5.74, 6) is -0.972. The first-order chi connectivity index (χ1) is 13.9. The van der Waals surface area contributed by atoms with Crippen LogP contribution in [0.25, 0.3) is 6.08 Å². The van der Waals surface area contributed by atoms with E-state index >= 15 is 0 Å². The van der Waals surface area contributed by atoms with Crippen LogP contribution in [-0.2, 0) is 22.9 Å². The molecule has 0 aliphatic carbocycles. The lowest BCUT2D eigenvalue weighted by Crippen LogP contribution is -2.11. The Hall–Kier alpha value is -3.38. The van der Waals surface area contributed by atoms with Gasteiger partial charge in [-0.3, -0.25) is 4.72 Å². The maximum Gasteiger partial charge on any atom is 0.335 e. The fraction of sp³-hybridized carbons (Fsp3) is 0.0870. The van der Waals surface area contributed by atoms with Gasteiger partial charge in [0.05, 0.1) is 16.7 Å². The highest BCUT2D eigenvalue weighted by Crippen LogP contribution is 2.21. The van der Waals surface area contributed by atoms with E-state index in [0.29, 0.717) is 24.1 Å². The normalized spacial score (nSPS) is 11.4. The van der Waals surface area contributed by atoms with Gasteiger partial charge in [0.1, 0.15) is 0 Å². The summed E-state index contributed by atoms with van der Waals surface area (Å²) in [6.07, 6.45) is 2.53. The second-order valence-electron chi connectivity index (χ2n) is 6.48. The molecule has 0 bridgehead atoms. The van der Waals surface area contributed by atoms with Gasteiger partial charge in [0.25, 0.3) is 10.0 Å². The van der Waals surface area contributed by atoms with Crippen LogP contribution in [0.15, 0.2) is 84.3 Å². The molecule has 0 aromatic heterocycles. The fourth-order valence-electron chi connectivity index (χ4n) is 2.97. The average Bonchev–Trinajstić information content (AvgIpc) is 2.72. The maximum absolute atomic E-state index is 12.5. The predicted octanol–water partition coefficient (Wildman–Crippen LogP) is 4.58. The van der Waals surface area contributed by atoms with Gasteiger partial charge in [-0.2, -0.15) is 0 Å². The molecule has 3 aromatic carbocycles. The number of carboxylic acid groups (broad SMARTS) is 1. The van der Waals surface area contributed by atoms with Crippen molar-refractivity contribution in [2.45, 2.75) is 12.8 Å². The molecule has 0 atom stereocenters. The number of aromatic carboxylic acids is 1. The Morgan fingerprint density at radius 3 is 2.14 bits per heavy atom. The molecule has 5 nitrogen and oxygen atoms in total. The molecule has 3 rings (SSSR count). The number of hydrogen-bond acceptors (Lipinski definition) is 3. The van der Waals surface area contributed by atoms with Crippen molar-refractivity contribution in [3.8, 4) is 0 Å². The second kappa shape index (κ2) is 9.21. The van der Waals surface area contributed by atoms with Crippen LogP contribution in [0.1, 0.15) is 27.0 Å². The molecule has 0 spiro atoms. The zero-order chi connectivity index (χ0) is 20.7. The summed E-state index contributed by atoms with van der Waals surface area (Å²) in [5.41, 5.74) is 3.04. The third-order valence-electron chi connectivity index (χ3n) is 4.42. The number of sulfonamides is 1. The number of anilines is 1. The molecule has 0 heterocycles. The summed E-state index contributed by atoms with van der Waals surface area (Å²) in [6, 6.07) is 23.1. The molecule has 0 saturated heterocycles. The average molecular weight is 407 g/mol. The Morgan fingerprint density at radius 1 is 0.828 bits per heavy atom. The maximum atomic E-state index is 12.5. The highest BCUT2D eigenvalue weighted by molar-refractivity contribution is 7.95. The lowest BCUT2D eigenvalue weighted by atomic mass is 9.99. The van der Waals surface area contributed by atoms with Crippen LogP contribution in [-0.4, -0.2) is 19.5 Å². The molecule has 6 heteroatoms. The summed E-state index contributed by atoms with van der Waals surface area (Å²) < 4.78 is 27.5. The van der Waals surface area contributed by atoms with Crippen molar-refractivity contribution in [1.82, 2.24) is 0 Å². The van der Waals surface area contributed by atoms with Crippen LogP contribution in [0.5, 0.6) is 0 Å². The Balaban J connectivity index is 1.75. The zero-order valence-electron chi connectivity index (χ0n) is 15.7. The van der Waals surface area contributed by atoms with Crippen molar-refractivity contribution in [3.63, 3.8) is 0 Å². The Labute approximate surface area is 170 Å². The molecule has 0 amide bonds. The first-order valence-corrected chi connectivity index (χ1v) is 10.6. The van der Waals surface area contributed by atoms with Gasteiger partial charge in [0, 0.05) is 0 Å². The first kappa shape index (κ1) is 20.4. The van der Waals surface area contributed by atoms with E-state index in [4.69, 9.17) is 0 Å². The van der Waals surface area contributed by atoms with Gasteiger partial charge >= 0.3 is 5.97 Å². The third-order valence-corrected chi connectivity index (χ3v) is 5.42. The summed E-state index contributed by atoms with van der Waals surface area (Å²) in [7, 11) is -3.68. The third kappa shape index (κ3) is 5.80. The van der Waals surface area contributed by atoms with Gasteiger partial charge in [0.15, 0.2) is 0 Å². The van der Waals surface area contributed by atoms with E-state index in [1.54, 1.807) is 36.4 Å². The number of hydrogen-bond donors (Lipinski definition) is 2. The monoisotopic (exact) mass is 407 g/mol. The predicted molar refractivity (Wildman–Crippen MR) is 115 cm³/mol. The fourth-order valence-corrected chi connectivity index (χ4v) is 3.88. The van der Waals surface area contributed by atoms with Crippen molar-refractivity contribution in [3.05, 3.63) is 107 Å². The van der Waals surface area contributed by atoms with Crippen molar-refractivity contribution in [2.24, 2.45) is 0 Å².